The number of aliphatic carboxylic acids is 1. The highest BCUT2D eigenvalue weighted by atomic mass is 16.6. The number of amides is 2. The average Bonchev–Trinajstić information content (AvgIpc) is 2.87. The van der Waals surface area contributed by atoms with Crippen molar-refractivity contribution < 1.29 is 24.2 Å². The van der Waals surface area contributed by atoms with Gasteiger partial charge >= 0.3 is 12.1 Å². The predicted molar refractivity (Wildman–Crippen MR) is 101 cm³/mol. The quantitative estimate of drug-likeness (QED) is 0.819. The van der Waals surface area contributed by atoms with Gasteiger partial charge in [0.1, 0.15) is 11.6 Å². The lowest BCUT2D eigenvalue weighted by molar-refractivity contribution is -0.141. The number of carboxylic acids is 1. The van der Waals surface area contributed by atoms with Gasteiger partial charge in [-0.2, -0.15) is 0 Å². The lowest BCUT2D eigenvalue weighted by Crippen LogP contribution is -2.54. The summed E-state index contributed by atoms with van der Waals surface area (Å²) in [6.45, 7) is 5.18. The van der Waals surface area contributed by atoms with Gasteiger partial charge in [-0.3, -0.25) is 9.78 Å². The molecule has 8 heteroatoms. The topological polar surface area (TPSA) is 109 Å². The molecule has 2 aliphatic heterocycles. The first-order chi connectivity index (χ1) is 13.2. The Morgan fingerprint density at radius 3 is 2.39 bits per heavy atom. The molecule has 2 amide bonds. The maximum absolute atomic E-state index is 12.9. The van der Waals surface area contributed by atoms with Crippen LogP contribution in [0.4, 0.5) is 4.79 Å². The number of alkyl carbamates (subject to hydrolysis) is 1. The van der Waals surface area contributed by atoms with E-state index in [2.05, 4.69) is 10.3 Å². The number of fused-ring (bicyclic) bond motifs is 2. The van der Waals surface area contributed by atoms with Gasteiger partial charge in [-0.25, -0.2) is 9.59 Å². The molecule has 3 heterocycles. The van der Waals surface area contributed by atoms with Crippen molar-refractivity contribution in [2.75, 3.05) is 0 Å². The van der Waals surface area contributed by atoms with Crippen LogP contribution in [0.2, 0.25) is 0 Å². The minimum atomic E-state index is -1.08. The van der Waals surface area contributed by atoms with Crippen molar-refractivity contribution in [3.05, 3.63) is 30.1 Å². The Bertz CT molecular complexity index is 732. The Balaban J connectivity index is 1.70. The molecule has 2 bridgehead atoms. The van der Waals surface area contributed by atoms with Crippen molar-refractivity contribution in [2.45, 2.75) is 70.2 Å². The van der Waals surface area contributed by atoms with Crippen LogP contribution in [0.1, 0.15) is 56.8 Å². The number of rotatable bonds is 4. The average molecular weight is 389 g/mol. The molecule has 0 radical (unpaired) electrons. The van der Waals surface area contributed by atoms with Crippen molar-refractivity contribution in [1.82, 2.24) is 15.2 Å². The van der Waals surface area contributed by atoms with Crippen LogP contribution < -0.4 is 5.32 Å². The predicted octanol–water partition coefficient (Wildman–Crippen LogP) is 2.44. The number of ether oxygens (including phenoxy) is 1. The monoisotopic (exact) mass is 389 g/mol. The van der Waals surface area contributed by atoms with E-state index < -0.39 is 23.7 Å². The van der Waals surface area contributed by atoms with Gasteiger partial charge < -0.3 is 20.1 Å². The van der Waals surface area contributed by atoms with Crippen molar-refractivity contribution in [2.24, 2.45) is 5.92 Å². The Kier molecular flexibility index (Phi) is 5.58. The van der Waals surface area contributed by atoms with Crippen LogP contribution in [-0.2, 0) is 9.53 Å². The lowest BCUT2D eigenvalue weighted by atomic mass is 9.84. The zero-order chi connectivity index (χ0) is 20.5. The highest BCUT2D eigenvalue weighted by Crippen LogP contribution is 2.40. The highest BCUT2D eigenvalue weighted by molar-refractivity contribution is 5.94. The van der Waals surface area contributed by atoms with Gasteiger partial charge in [0.2, 0.25) is 0 Å². The molecular weight excluding hydrogens is 362 g/mol. The Morgan fingerprint density at radius 1 is 1.25 bits per heavy atom. The van der Waals surface area contributed by atoms with Crippen LogP contribution in [-0.4, -0.2) is 56.7 Å². The summed E-state index contributed by atoms with van der Waals surface area (Å²) in [6, 6.07) is 2.38. The largest absolute Gasteiger partial charge is 0.480 e. The second-order valence-electron chi connectivity index (χ2n) is 8.53. The molecule has 2 saturated heterocycles. The second kappa shape index (κ2) is 7.77. The van der Waals surface area contributed by atoms with Gasteiger partial charge in [0.15, 0.2) is 0 Å². The van der Waals surface area contributed by atoms with Crippen molar-refractivity contribution >= 4 is 18.0 Å². The molecule has 0 aromatic carbocycles. The molecule has 3 atom stereocenters. The molecule has 2 aliphatic rings. The Labute approximate surface area is 164 Å². The molecule has 8 nitrogen and oxygen atoms in total. The number of carbonyl (C=O) groups is 3. The van der Waals surface area contributed by atoms with E-state index in [0.717, 1.165) is 12.8 Å². The summed E-state index contributed by atoms with van der Waals surface area (Å²) in [5.41, 5.74) is -0.161. The molecule has 2 unspecified atom stereocenters. The summed E-state index contributed by atoms with van der Waals surface area (Å²) in [5.74, 6) is -1.39. The molecule has 28 heavy (non-hydrogen) atoms. The normalized spacial score (nSPS) is 25.1. The summed E-state index contributed by atoms with van der Waals surface area (Å²) in [6.07, 6.45) is 5.19. The summed E-state index contributed by atoms with van der Waals surface area (Å²) >= 11 is 0. The summed E-state index contributed by atoms with van der Waals surface area (Å²) in [4.78, 5) is 42.7. The fourth-order valence-corrected chi connectivity index (χ4v) is 4.28. The number of piperidine rings is 1. The first kappa shape index (κ1) is 20.1. The van der Waals surface area contributed by atoms with Crippen LogP contribution >= 0.6 is 0 Å². The molecule has 152 valence electrons. The molecule has 2 fully saturated rings. The Morgan fingerprint density at radius 2 is 1.89 bits per heavy atom. The number of nitrogens with zero attached hydrogens (tertiary/aromatic N) is 2. The summed E-state index contributed by atoms with van der Waals surface area (Å²) in [5, 5.41) is 12.2. The van der Waals surface area contributed by atoms with Crippen LogP contribution in [0.5, 0.6) is 0 Å². The van der Waals surface area contributed by atoms with E-state index in [4.69, 9.17) is 4.74 Å². The van der Waals surface area contributed by atoms with Gasteiger partial charge in [0.05, 0.1) is 5.56 Å². The molecule has 1 aromatic rings. The van der Waals surface area contributed by atoms with E-state index in [1.807, 2.05) is 4.90 Å². The zero-order valence-electron chi connectivity index (χ0n) is 16.4. The molecular formula is C20H27N3O5. The number of carbonyl (C=O) groups excluding carboxylic acids is 2. The Hall–Kier alpha value is -2.64. The summed E-state index contributed by atoms with van der Waals surface area (Å²) in [7, 11) is 0. The first-order valence-electron chi connectivity index (χ1n) is 9.60. The number of hydrogen-bond acceptors (Lipinski definition) is 5. The summed E-state index contributed by atoms with van der Waals surface area (Å²) < 4.78 is 5.21. The van der Waals surface area contributed by atoms with E-state index in [0.29, 0.717) is 18.4 Å². The van der Waals surface area contributed by atoms with Crippen molar-refractivity contribution in [3.63, 3.8) is 0 Å². The third kappa shape index (κ3) is 4.43. The number of hydrogen-bond donors (Lipinski definition) is 2. The molecule has 0 spiro atoms. The number of pyridine rings is 1. The molecule has 0 aliphatic carbocycles. The fraction of sp³-hybridized carbons (Fsp3) is 0.600. The van der Waals surface area contributed by atoms with Crippen molar-refractivity contribution in [3.8, 4) is 0 Å². The van der Waals surface area contributed by atoms with Gasteiger partial charge in [0, 0.05) is 24.5 Å². The highest BCUT2D eigenvalue weighted by Gasteiger charge is 2.47. The third-order valence-corrected chi connectivity index (χ3v) is 5.32. The third-order valence-electron chi connectivity index (χ3n) is 5.32. The maximum atomic E-state index is 12.9. The molecule has 3 rings (SSSR count). The van der Waals surface area contributed by atoms with Crippen LogP contribution in [0.15, 0.2) is 24.5 Å². The number of nitrogens with one attached hydrogen (secondary N) is 1. The van der Waals surface area contributed by atoms with E-state index in [-0.39, 0.29) is 23.9 Å². The van der Waals surface area contributed by atoms with Gasteiger partial charge in [-0.15, -0.1) is 0 Å². The molecule has 2 N–H and O–H groups in total. The van der Waals surface area contributed by atoms with Crippen LogP contribution in [0.3, 0.4) is 0 Å². The maximum Gasteiger partial charge on any atom is 0.408 e. The minimum absolute atomic E-state index is 0.0289. The van der Waals surface area contributed by atoms with E-state index in [1.165, 1.54) is 0 Å². The zero-order valence-corrected chi connectivity index (χ0v) is 16.4. The van der Waals surface area contributed by atoms with Crippen molar-refractivity contribution in [1.29, 1.82) is 0 Å². The van der Waals surface area contributed by atoms with Crippen LogP contribution in [0, 0.1) is 5.92 Å². The fourth-order valence-electron chi connectivity index (χ4n) is 4.28. The minimum Gasteiger partial charge on any atom is -0.480 e. The molecule has 0 saturated carbocycles. The smallest absolute Gasteiger partial charge is 0.408 e. The molecule has 1 aromatic heterocycles. The first-order valence-corrected chi connectivity index (χ1v) is 9.60. The van der Waals surface area contributed by atoms with E-state index in [1.54, 1.807) is 45.3 Å². The van der Waals surface area contributed by atoms with Gasteiger partial charge in [-0.05, 0) is 64.5 Å². The van der Waals surface area contributed by atoms with Gasteiger partial charge in [-0.1, -0.05) is 0 Å². The van der Waals surface area contributed by atoms with Gasteiger partial charge in [0.25, 0.3) is 5.91 Å². The van der Waals surface area contributed by atoms with E-state index >= 15 is 0 Å². The number of aromatic nitrogens is 1. The number of carboxylic acid groups (broad SMARTS) is 1. The second-order valence-corrected chi connectivity index (χ2v) is 8.53. The SMILES string of the molecule is CC(C)(C)OC(=O)N[C@H](C(=O)O)C1CC2CCC(C1)N2C(=O)c1cccnc1. The van der Waals surface area contributed by atoms with Crippen LogP contribution in [0.25, 0.3) is 0 Å². The standard InChI is InChI=1S/C20H27N3O5/c1-20(2,3)28-19(27)22-16(18(25)26)13-9-14-6-7-15(10-13)23(14)17(24)12-5-4-8-21-11-12/h4-5,8,11,13-16H,6-7,9-10H2,1-3H3,(H,22,27)(H,25,26)/t13?,14?,15?,16-/m0/s1. The lowest BCUT2D eigenvalue weighted by Gasteiger charge is -2.41. The van der Waals surface area contributed by atoms with E-state index in [9.17, 15) is 19.5 Å².